The number of rotatable bonds is 5. The number of anilines is 3. The minimum absolute atomic E-state index is 0.927. The highest BCUT2D eigenvalue weighted by atomic mass is 32.1. The molecular weight excluding hydrogens is 671 g/mol. The Balaban J connectivity index is 1.09. The second kappa shape index (κ2) is 11.7. The maximum Gasteiger partial charge on any atom is 0.144 e. The molecule has 52 heavy (non-hydrogen) atoms. The molecule has 11 aromatic rings. The Morgan fingerprint density at radius 1 is 0.365 bits per heavy atom. The molecule has 0 bridgehead atoms. The summed E-state index contributed by atoms with van der Waals surface area (Å²) >= 11 is 3.69. The maximum atomic E-state index is 6.57. The molecule has 0 spiro atoms. The van der Waals surface area contributed by atoms with Gasteiger partial charge in [0.15, 0.2) is 0 Å². The molecule has 2 nitrogen and oxygen atoms in total. The van der Waals surface area contributed by atoms with Gasteiger partial charge in [0.05, 0.1) is 5.69 Å². The van der Waals surface area contributed by atoms with Crippen LogP contribution < -0.4 is 4.90 Å². The summed E-state index contributed by atoms with van der Waals surface area (Å²) in [5.74, 6) is 0. The first-order valence-corrected chi connectivity index (χ1v) is 19.1. The van der Waals surface area contributed by atoms with Crippen molar-refractivity contribution < 1.29 is 4.42 Å². The molecule has 3 aromatic heterocycles. The summed E-state index contributed by atoms with van der Waals surface area (Å²) in [7, 11) is 0. The Morgan fingerprint density at radius 2 is 0.962 bits per heavy atom. The van der Waals surface area contributed by atoms with Crippen LogP contribution in [0.3, 0.4) is 0 Å². The summed E-state index contributed by atoms with van der Waals surface area (Å²) in [5.41, 5.74) is 10.1. The second-order valence-electron chi connectivity index (χ2n) is 13.2. The van der Waals surface area contributed by atoms with Gasteiger partial charge in [-0.25, -0.2) is 0 Å². The van der Waals surface area contributed by atoms with Crippen LogP contribution in [0.4, 0.5) is 17.1 Å². The van der Waals surface area contributed by atoms with Crippen LogP contribution in [0.25, 0.3) is 84.5 Å². The van der Waals surface area contributed by atoms with Gasteiger partial charge in [0, 0.05) is 62.5 Å². The first-order chi connectivity index (χ1) is 25.8. The predicted octanol–water partition coefficient (Wildman–Crippen LogP) is 15.1. The van der Waals surface area contributed by atoms with Gasteiger partial charge in [-0.05, 0) is 89.0 Å². The highest BCUT2D eigenvalue weighted by molar-refractivity contribution is 7.26. The number of para-hydroxylation sites is 1. The molecule has 244 valence electrons. The summed E-state index contributed by atoms with van der Waals surface area (Å²) in [6.07, 6.45) is 0. The van der Waals surface area contributed by atoms with Crippen LogP contribution in [0.2, 0.25) is 0 Å². The van der Waals surface area contributed by atoms with Crippen LogP contribution in [-0.4, -0.2) is 0 Å². The quantitative estimate of drug-likeness (QED) is 0.178. The zero-order valence-corrected chi connectivity index (χ0v) is 29.5. The maximum absolute atomic E-state index is 6.57. The largest absolute Gasteiger partial charge is 0.455 e. The lowest BCUT2D eigenvalue weighted by Gasteiger charge is -2.27. The number of nitrogens with zero attached hydrogens (tertiary/aromatic N) is 1. The third kappa shape index (κ3) is 4.55. The number of furan rings is 1. The summed E-state index contributed by atoms with van der Waals surface area (Å²) in [4.78, 5) is 2.42. The molecule has 3 heterocycles. The van der Waals surface area contributed by atoms with Crippen LogP contribution >= 0.6 is 22.7 Å². The summed E-state index contributed by atoms with van der Waals surface area (Å²) in [5, 5.41) is 7.34. The van der Waals surface area contributed by atoms with E-state index in [1.165, 1.54) is 68.3 Å². The van der Waals surface area contributed by atoms with E-state index in [1.807, 2.05) is 28.7 Å². The van der Waals surface area contributed by atoms with Crippen molar-refractivity contribution >= 4 is 102 Å². The number of fused-ring (bicyclic) bond motifs is 10. The molecule has 0 aliphatic carbocycles. The van der Waals surface area contributed by atoms with E-state index in [1.54, 1.807) is 0 Å². The number of hydrogen-bond donors (Lipinski definition) is 0. The SMILES string of the molecule is c1ccc(-c2ccc(N(c3ccc(-c4cccc5sc6ccc7c8ccccc8oc7c6c45)cc3)c3cccc4sc5ccccc5c34)cc2)cc1. The standard InChI is InChI=1S/C48H29NOS2/c1-2-10-30(11-3-1)31-20-24-33(25-21-31)49(39-15-9-19-42-45(39)38-13-5-7-17-41(38)51-42)34-26-22-32(23-27-34)35-14-8-18-43-46(35)47-44(52-43)29-28-37-36-12-4-6-16-40(36)50-48(37)47/h1-29H. The molecule has 0 fully saturated rings. The number of benzene rings is 8. The van der Waals surface area contributed by atoms with E-state index in [-0.39, 0.29) is 0 Å². The van der Waals surface area contributed by atoms with Crippen molar-refractivity contribution in [1.29, 1.82) is 0 Å². The molecule has 0 unspecified atom stereocenters. The van der Waals surface area contributed by atoms with E-state index in [9.17, 15) is 0 Å². The van der Waals surface area contributed by atoms with Crippen LogP contribution in [0.5, 0.6) is 0 Å². The van der Waals surface area contributed by atoms with Gasteiger partial charge in [-0.2, -0.15) is 0 Å². The second-order valence-corrected chi connectivity index (χ2v) is 15.4. The average molecular weight is 700 g/mol. The summed E-state index contributed by atoms with van der Waals surface area (Å²) in [6, 6.07) is 63.6. The van der Waals surface area contributed by atoms with E-state index in [0.717, 1.165) is 33.3 Å². The minimum Gasteiger partial charge on any atom is -0.455 e. The van der Waals surface area contributed by atoms with Crippen molar-refractivity contribution in [2.45, 2.75) is 0 Å². The fraction of sp³-hybridized carbons (Fsp3) is 0. The highest BCUT2D eigenvalue weighted by Crippen LogP contribution is 2.47. The van der Waals surface area contributed by atoms with Gasteiger partial charge >= 0.3 is 0 Å². The van der Waals surface area contributed by atoms with Crippen LogP contribution in [0, 0.1) is 0 Å². The molecular formula is C48H29NOS2. The zero-order chi connectivity index (χ0) is 34.2. The first kappa shape index (κ1) is 29.5. The Hall–Kier alpha value is -6.20. The third-order valence-corrected chi connectivity index (χ3v) is 12.6. The van der Waals surface area contributed by atoms with Crippen molar-refractivity contribution in [3.05, 3.63) is 176 Å². The minimum atomic E-state index is 0.927. The Morgan fingerprint density at radius 3 is 1.77 bits per heavy atom. The smallest absolute Gasteiger partial charge is 0.144 e. The molecule has 0 saturated heterocycles. The Kier molecular flexibility index (Phi) is 6.63. The Bertz CT molecular complexity index is 3110. The van der Waals surface area contributed by atoms with Gasteiger partial charge in [-0.3, -0.25) is 0 Å². The highest BCUT2D eigenvalue weighted by Gasteiger charge is 2.20. The average Bonchev–Trinajstić information content (AvgIpc) is 3.90. The number of hydrogen-bond acceptors (Lipinski definition) is 4. The Labute approximate surface area is 308 Å². The molecule has 4 heteroatoms. The van der Waals surface area contributed by atoms with E-state index < -0.39 is 0 Å². The van der Waals surface area contributed by atoms with E-state index in [4.69, 9.17) is 4.42 Å². The van der Waals surface area contributed by atoms with Gasteiger partial charge in [-0.1, -0.05) is 109 Å². The normalized spacial score (nSPS) is 11.8. The van der Waals surface area contributed by atoms with Crippen molar-refractivity contribution in [2.75, 3.05) is 4.90 Å². The van der Waals surface area contributed by atoms with Crippen LogP contribution in [0.15, 0.2) is 180 Å². The van der Waals surface area contributed by atoms with Gasteiger partial charge in [-0.15, -0.1) is 22.7 Å². The van der Waals surface area contributed by atoms with Gasteiger partial charge in [0.2, 0.25) is 0 Å². The molecule has 0 amide bonds. The zero-order valence-electron chi connectivity index (χ0n) is 27.9. The number of thiophene rings is 2. The molecule has 0 aliphatic heterocycles. The van der Waals surface area contributed by atoms with E-state index in [2.05, 4.69) is 175 Å². The van der Waals surface area contributed by atoms with Crippen LogP contribution in [-0.2, 0) is 0 Å². The van der Waals surface area contributed by atoms with Crippen molar-refractivity contribution in [2.24, 2.45) is 0 Å². The monoisotopic (exact) mass is 699 g/mol. The lowest BCUT2D eigenvalue weighted by Crippen LogP contribution is -2.10. The summed E-state index contributed by atoms with van der Waals surface area (Å²) in [6.45, 7) is 0. The molecule has 0 N–H and O–H groups in total. The lowest BCUT2D eigenvalue weighted by atomic mass is 9.98. The molecule has 0 atom stereocenters. The van der Waals surface area contributed by atoms with Crippen LogP contribution in [0.1, 0.15) is 0 Å². The van der Waals surface area contributed by atoms with Crippen molar-refractivity contribution in [1.82, 2.24) is 0 Å². The van der Waals surface area contributed by atoms with Gasteiger partial charge in [0.1, 0.15) is 11.2 Å². The molecule has 0 saturated carbocycles. The third-order valence-electron chi connectivity index (χ3n) is 10.3. The predicted molar refractivity (Wildman–Crippen MR) is 225 cm³/mol. The summed E-state index contributed by atoms with van der Waals surface area (Å²) < 4.78 is 11.7. The molecule has 11 rings (SSSR count). The van der Waals surface area contributed by atoms with E-state index in [0.29, 0.717) is 0 Å². The molecule has 0 radical (unpaired) electrons. The van der Waals surface area contributed by atoms with Gasteiger partial charge < -0.3 is 9.32 Å². The topological polar surface area (TPSA) is 16.4 Å². The fourth-order valence-corrected chi connectivity index (χ4v) is 10.2. The van der Waals surface area contributed by atoms with E-state index >= 15 is 0 Å². The fourth-order valence-electron chi connectivity index (χ4n) is 7.92. The van der Waals surface area contributed by atoms with Gasteiger partial charge in [0.25, 0.3) is 0 Å². The lowest BCUT2D eigenvalue weighted by molar-refractivity contribution is 0.673. The molecule has 8 aromatic carbocycles. The van der Waals surface area contributed by atoms with Crippen molar-refractivity contribution in [3.8, 4) is 22.3 Å². The molecule has 0 aliphatic rings. The first-order valence-electron chi connectivity index (χ1n) is 17.5. The van der Waals surface area contributed by atoms with Crippen molar-refractivity contribution in [3.63, 3.8) is 0 Å².